The fourth-order valence-corrected chi connectivity index (χ4v) is 3.23. The number of rotatable bonds is 4. The van der Waals surface area contributed by atoms with Crippen LogP contribution >= 0.6 is 11.6 Å². The van der Waals surface area contributed by atoms with Crippen molar-refractivity contribution in [3.8, 4) is 6.07 Å². The lowest BCUT2D eigenvalue weighted by Crippen LogP contribution is -2.06. The molecule has 2 aromatic carbocycles. The molecular formula is C16H11ClFNO2S. The van der Waals surface area contributed by atoms with Gasteiger partial charge in [0.15, 0.2) is 9.84 Å². The van der Waals surface area contributed by atoms with Gasteiger partial charge in [0.2, 0.25) is 0 Å². The molecule has 6 heteroatoms. The highest BCUT2D eigenvalue weighted by Gasteiger charge is 2.19. The normalized spacial score (nSPS) is 12.0. The van der Waals surface area contributed by atoms with E-state index in [4.69, 9.17) is 16.9 Å². The summed E-state index contributed by atoms with van der Waals surface area (Å²) in [4.78, 5) is -0.384. The van der Waals surface area contributed by atoms with Crippen LogP contribution in [0.4, 0.5) is 4.39 Å². The molecule has 2 rings (SSSR count). The van der Waals surface area contributed by atoms with E-state index in [9.17, 15) is 12.8 Å². The molecule has 2 aromatic rings. The highest BCUT2D eigenvalue weighted by atomic mass is 35.5. The van der Waals surface area contributed by atoms with Crippen molar-refractivity contribution in [3.05, 3.63) is 75.4 Å². The number of sulfone groups is 1. The van der Waals surface area contributed by atoms with Gasteiger partial charge in [-0.25, -0.2) is 12.8 Å². The first-order chi connectivity index (χ1) is 10.4. The van der Waals surface area contributed by atoms with Gasteiger partial charge in [-0.1, -0.05) is 41.9 Å². The SMILES string of the molecule is N#C/C(=C/c1ccccc1Cl)S(=O)(=O)Cc1ccc(F)cc1. The zero-order valence-corrected chi connectivity index (χ0v) is 12.9. The standard InChI is InChI=1S/C16H11ClFNO2S/c17-16-4-2-1-3-13(16)9-15(10-19)22(20,21)11-12-5-7-14(18)8-6-12/h1-9H,11H2/b15-9-. The molecule has 0 N–H and O–H groups in total. The Kier molecular flexibility index (Phi) is 4.96. The van der Waals surface area contributed by atoms with Gasteiger partial charge in [-0.15, -0.1) is 0 Å². The molecule has 0 radical (unpaired) electrons. The molecule has 0 unspecified atom stereocenters. The Bertz CT molecular complexity index is 852. The molecule has 22 heavy (non-hydrogen) atoms. The van der Waals surface area contributed by atoms with Gasteiger partial charge in [0.25, 0.3) is 0 Å². The van der Waals surface area contributed by atoms with E-state index in [1.807, 2.05) is 0 Å². The molecule has 0 amide bonds. The molecule has 0 bridgehead atoms. The van der Waals surface area contributed by atoms with Crippen LogP contribution in [-0.4, -0.2) is 8.42 Å². The number of hydrogen-bond acceptors (Lipinski definition) is 3. The molecular weight excluding hydrogens is 325 g/mol. The highest BCUT2D eigenvalue weighted by Crippen LogP contribution is 2.22. The lowest BCUT2D eigenvalue weighted by molar-refractivity contribution is 0.602. The van der Waals surface area contributed by atoms with Crippen molar-refractivity contribution in [3.63, 3.8) is 0 Å². The molecule has 0 fully saturated rings. The molecule has 0 aromatic heterocycles. The second-order valence-corrected chi connectivity index (χ2v) is 6.89. The number of nitrogens with zero attached hydrogens (tertiary/aromatic N) is 1. The maximum absolute atomic E-state index is 12.8. The second kappa shape index (κ2) is 6.73. The second-order valence-electron chi connectivity index (χ2n) is 4.53. The summed E-state index contributed by atoms with van der Waals surface area (Å²) >= 11 is 5.96. The molecule has 0 aliphatic heterocycles. The van der Waals surface area contributed by atoms with Crippen LogP contribution in [0, 0.1) is 17.1 Å². The third-order valence-corrected chi connectivity index (χ3v) is 4.84. The van der Waals surface area contributed by atoms with Crippen LogP contribution < -0.4 is 0 Å². The van der Waals surface area contributed by atoms with Gasteiger partial charge in [-0.05, 0) is 35.4 Å². The number of halogens is 2. The van der Waals surface area contributed by atoms with Crippen LogP contribution in [0.3, 0.4) is 0 Å². The fourth-order valence-electron chi connectivity index (χ4n) is 1.80. The van der Waals surface area contributed by atoms with E-state index in [1.54, 1.807) is 30.3 Å². The maximum atomic E-state index is 12.8. The molecule has 0 aliphatic carbocycles. The zero-order valence-electron chi connectivity index (χ0n) is 11.3. The third kappa shape index (κ3) is 3.94. The molecule has 112 valence electrons. The lowest BCUT2D eigenvalue weighted by Gasteiger charge is -2.04. The van der Waals surface area contributed by atoms with Crippen LogP contribution in [0.25, 0.3) is 6.08 Å². The van der Waals surface area contributed by atoms with Crippen LogP contribution in [0.5, 0.6) is 0 Å². The summed E-state index contributed by atoms with van der Waals surface area (Å²) in [5, 5.41) is 9.49. The van der Waals surface area contributed by atoms with Gasteiger partial charge in [0, 0.05) is 5.02 Å². The van der Waals surface area contributed by atoms with Crippen molar-refractivity contribution in [1.29, 1.82) is 5.26 Å². The summed E-state index contributed by atoms with van der Waals surface area (Å²) in [5.41, 5.74) is 0.852. The number of nitriles is 1. The third-order valence-electron chi connectivity index (χ3n) is 2.91. The average Bonchev–Trinajstić information content (AvgIpc) is 2.48. The van der Waals surface area contributed by atoms with E-state index in [-0.39, 0.29) is 10.7 Å². The predicted molar refractivity (Wildman–Crippen MR) is 84.1 cm³/mol. The van der Waals surface area contributed by atoms with Gasteiger partial charge in [-0.3, -0.25) is 0 Å². The summed E-state index contributed by atoms with van der Waals surface area (Å²) in [6.45, 7) is 0. The molecule has 0 saturated heterocycles. The summed E-state index contributed by atoms with van der Waals surface area (Å²) in [5.74, 6) is -0.829. The molecule has 0 saturated carbocycles. The smallest absolute Gasteiger partial charge is 0.192 e. The Hall–Kier alpha value is -2.16. The van der Waals surface area contributed by atoms with Gasteiger partial charge in [-0.2, -0.15) is 5.26 Å². The summed E-state index contributed by atoms with van der Waals surface area (Å²) in [6, 6.07) is 13.4. The monoisotopic (exact) mass is 335 g/mol. The van der Waals surface area contributed by atoms with Crippen LogP contribution in [0.1, 0.15) is 11.1 Å². The van der Waals surface area contributed by atoms with Crippen molar-refractivity contribution in [2.24, 2.45) is 0 Å². The van der Waals surface area contributed by atoms with E-state index >= 15 is 0 Å². The molecule has 0 spiro atoms. The van der Waals surface area contributed by atoms with Crippen LogP contribution in [0.2, 0.25) is 5.02 Å². The Labute approximate surface area is 133 Å². The maximum Gasteiger partial charge on any atom is 0.192 e. The van der Waals surface area contributed by atoms with Crippen molar-refractivity contribution >= 4 is 27.5 Å². The Morgan fingerprint density at radius 3 is 2.41 bits per heavy atom. The van der Waals surface area contributed by atoms with Crippen molar-refractivity contribution in [2.75, 3.05) is 0 Å². The first kappa shape index (κ1) is 16.2. The number of allylic oxidation sites excluding steroid dienone is 1. The molecule has 0 heterocycles. The van der Waals surface area contributed by atoms with Crippen LogP contribution in [-0.2, 0) is 15.6 Å². The van der Waals surface area contributed by atoms with Crippen molar-refractivity contribution in [2.45, 2.75) is 5.75 Å². The quantitative estimate of drug-likeness (QED) is 0.795. The minimum absolute atomic E-state index is 0.354. The lowest BCUT2D eigenvalue weighted by atomic mass is 10.2. The summed E-state index contributed by atoms with van der Waals surface area (Å²) < 4.78 is 37.5. The van der Waals surface area contributed by atoms with Crippen LogP contribution in [0.15, 0.2) is 53.4 Å². The van der Waals surface area contributed by atoms with E-state index in [0.29, 0.717) is 16.1 Å². The first-order valence-electron chi connectivity index (χ1n) is 6.26. The zero-order chi connectivity index (χ0) is 16.2. The van der Waals surface area contributed by atoms with E-state index < -0.39 is 15.7 Å². The Morgan fingerprint density at radius 1 is 1.18 bits per heavy atom. The molecule has 0 aliphatic rings. The van der Waals surface area contributed by atoms with E-state index in [2.05, 4.69) is 0 Å². The molecule has 0 atom stereocenters. The topological polar surface area (TPSA) is 57.9 Å². The average molecular weight is 336 g/mol. The van der Waals surface area contributed by atoms with Gasteiger partial charge < -0.3 is 0 Å². The summed E-state index contributed by atoms with van der Waals surface area (Å²) in [7, 11) is -3.83. The predicted octanol–water partition coefficient (Wildman–Crippen LogP) is 3.96. The number of benzene rings is 2. The largest absolute Gasteiger partial charge is 0.223 e. The minimum atomic E-state index is -3.83. The fraction of sp³-hybridized carbons (Fsp3) is 0.0625. The van der Waals surface area contributed by atoms with Gasteiger partial charge in [0.1, 0.15) is 16.8 Å². The highest BCUT2D eigenvalue weighted by molar-refractivity contribution is 7.95. The summed E-state index contributed by atoms with van der Waals surface area (Å²) in [6.07, 6.45) is 1.24. The van der Waals surface area contributed by atoms with E-state index in [1.165, 1.54) is 30.3 Å². The first-order valence-corrected chi connectivity index (χ1v) is 8.29. The van der Waals surface area contributed by atoms with E-state index in [0.717, 1.165) is 0 Å². The molecule has 3 nitrogen and oxygen atoms in total. The minimum Gasteiger partial charge on any atom is -0.223 e. The Morgan fingerprint density at radius 2 is 1.82 bits per heavy atom. The van der Waals surface area contributed by atoms with Gasteiger partial charge >= 0.3 is 0 Å². The van der Waals surface area contributed by atoms with Crippen molar-refractivity contribution < 1.29 is 12.8 Å². The number of hydrogen-bond donors (Lipinski definition) is 0. The Balaban J connectivity index is 2.36. The van der Waals surface area contributed by atoms with Gasteiger partial charge in [0.05, 0.1) is 5.75 Å². The van der Waals surface area contributed by atoms with Crippen molar-refractivity contribution in [1.82, 2.24) is 0 Å².